The van der Waals surface area contributed by atoms with Crippen LogP contribution in [-0.4, -0.2) is 6.54 Å². The highest BCUT2D eigenvalue weighted by atomic mass is 14.9. The minimum absolute atomic E-state index is 0.397. The molecule has 0 spiro atoms. The number of hydrogen-bond donors (Lipinski definition) is 1. The van der Waals surface area contributed by atoms with Gasteiger partial charge in [-0.1, -0.05) is 48.9 Å². The van der Waals surface area contributed by atoms with E-state index in [2.05, 4.69) is 56.9 Å². The van der Waals surface area contributed by atoms with Crippen LogP contribution in [-0.2, 0) is 0 Å². The molecule has 82 valence electrons. The van der Waals surface area contributed by atoms with Gasteiger partial charge >= 0.3 is 0 Å². The molecule has 0 aliphatic rings. The van der Waals surface area contributed by atoms with Crippen molar-refractivity contribution in [2.75, 3.05) is 6.54 Å². The Kier molecular flexibility index (Phi) is 4.57. The lowest BCUT2D eigenvalue weighted by Gasteiger charge is -2.15. The van der Waals surface area contributed by atoms with Crippen LogP contribution in [0.4, 0.5) is 0 Å². The van der Waals surface area contributed by atoms with E-state index in [4.69, 9.17) is 0 Å². The molecule has 0 aromatic heterocycles. The summed E-state index contributed by atoms with van der Waals surface area (Å²) in [5, 5.41) is 3.47. The van der Waals surface area contributed by atoms with Crippen molar-refractivity contribution in [1.29, 1.82) is 0 Å². The summed E-state index contributed by atoms with van der Waals surface area (Å²) >= 11 is 0. The molecule has 1 nitrogen and oxygen atoms in total. The van der Waals surface area contributed by atoms with E-state index in [9.17, 15) is 0 Å². The van der Waals surface area contributed by atoms with E-state index in [0.29, 0.717) is 6.04 Å². The van der Waals surface area contributed by atoms with Crippen LogP contribution in [0.5, 0.6) is 0 Å². The average Bonchev–Trinajstić information content (AvgIpc) is 2.26. The van der Waals surface area contributed by atoms with Crippen molar-refractivity contribution >= 4 is 0 Å². The van der Waals surface area contributed by atoms with Crippen LogP contribution >= 0.6 is 0 Å². The van der Waals surface area contributed by atoms with Gasteiger partial charge in [0.2, 0.25) is 0 Å². The van der Waals surface area contributed by atoms with Crippen LogP contribution in [0.15, 0.2) is 36.4 Å². The van der Waals surface area contributed by atoms with Gasteiger partial charge in [0.05, 0.1) is 0 Å². The van der Waals surface area contributed by atoms with E-state index in [1.165, 1.54) is 16.7 Å². The Morgan fingerprint density at radius 3 is 2.47 bits per heavy atom. The molecule has 1 rings (SSSR count). The topological polar surface area (TPSA) is 12.0 Å². The third-order valence-electron chi connectivity index (χ3n) is 2.74. The number of nitrogens with one attached hydrogen (secondary N) is 1. The standard InChI is InChI=1S/C14H21N/c1-5-11(2)10-15-13(4)14-8-6-12(3)7-9-14/h6-9,13,15H,2,5,10H2,1,3-4H3/t13-/m0/s1. The van der Waals surface area contributed by atoms with Gasteiger partial charge in [-0.3, -0.25) is 0 Å². The van der Waals surface area contributed by atoms with Crippen molar-refractivity contribution in [3.63, 3.8) is 0 Å². The maximum atomic E-state index is 3.99. The molecule has 0 unspecified atom stereocenters. The van der Waals surface area contributed by atoms with Gasteiger partial charge in [-0.25, -0.2) is 0 Å². The second-order valence-electron chi connectivity index (χ2n) is 4.12. The number of aryl methyl sites for hydroxylation is 1. The Morgan fingerprint density at radius 1 is 1.33 bits per heavy atom. The molecule has 0 heterocycles. The summed E-state index contributed by atoms with van der Waals surface area (Å²) < 4.78 is 0. The minimum Gasteiger partial charge on any atom is -0.306 e. The molecule has 0 saturated carbocycles. The van der Waals surface area contributed by atoms with E-state index in [-0.39, 0.29) is 0 Å². The Morgan fingerprint density at radius 2 is 1.93 bits per heavy atom. The molecule has 0 saturated heterocycles. The highest BCUT2D eigenvalue weighted by Gasteiger charge is 2.03. The Hall–Kier alpha value is -1.08. The molecular formula is C14H21N. The molecule has 0 aliphatic heterocycles. The maximum absolute atomic E-state index is 3.99. The second-order valence-corrected chi connectivity index (χ2v) is 4.12. The normalized spacial score (nSPS) is 12.5. The van der Waals surface area contributed by atoms with E-state index >= 15 is 0 Å². The third-order valence-corrected chi connectivity index (χ3v) is 2.74. The highest BCUT2D eigenvalue weighted by Crippen LogP contribution is 2.13. The molecule has 1 atom stereocenters. The Balaban J connectivity index is 2.50. The van der Waals surface area contributed by atoms with Crippen molar-refractivity contribution in [3.05, 3.63) is 47.5 Å². The van der Waals surface area contributed by atoms with Crippen molar-refractivity contribution < 1.29 is 0 Å². The Labute approximate surface area is 93.2 Å². The molecule has 15 heavy (non-hydrogen) atoms. The van der Waals surface area contributed by atoms with Crippen molar-refractivity contribution in [2.45, 2.75) is 33.2 Å². The molecule has 1 aromatic carbocycles. The largest absolute Gasteiger partial charge is 0.306 e. The van der Waals surface area contributed by atoms with Gasteiger partial charge in [-0.2, -0.15) is 0 Å². The monoisotopic (exact) mass is 203 g/mol. The average molecular weight is 203 g/mol. The fraction of sp³-hybridized carbons (Fsp3) is 0.429. The fourth-order valence-corrected chi connectivity index (χ4v) is 1.40. The zero-order chi connectivity index (χ0) is 11.3. The molecule has 1 N–H and O–H groups in total. The second kappa shape index (κ2) is 5.72. The summed E-state index contributed by atoms with van der Waals surface area (Å²) in [6, 6.07) is 9.07. The highest BCUT2D eigenvalue weighted by molar-refractivity contribution is 5.23. The van der Waals surface area contributed by atoms with Gasteiger partial charge in [-0.05, 0) is 25.8 Å². The van der Waals surface area contributed by atoms with Crippen molar-refractivity contribution in [1.82, 2.24) is 5.32 Å². The van der Waals surface area contributed by atoms with Gasteiger partial charge in [-0.15, -0.1) is 0 Å². The van der Waals surface area contributed by atoms with Crippen LogP contribution < -0.4 is 5.32 Å². The quantitative estimate of drug-likeness (QED) is 0.721. The van der Waals surface area contributed by atoms with Gasteiger partial charge in [0.25, 0.3) is 0 Å². The molecule has 0 amide bonds. The first-order valence-electron chi connectivity index (χ1n) is 5.60. The lowest BCUT2D eigenvalue weighted by Crippen LogP contribution is -2.20. The van der Waals surface area contributed by atoms with E-state index in [0.717, 1.165) is 13.0 Å². The zero-order valence-corrected chi connectivity index (χ0v) is 10.0. The lowest BCUT2D eigenvalue weighted by atomic mass is 10.1. The van der Waals surface area contributed by atoms with Gasteiger partial charge in [0.15, 0.2) is 0 Å². The van der Waals surface area contributed by atoms with Crippen molar-refractivity contribution in [2.24, 2.45) is 0 Å². The van der Waals surface area contributed by atoms with E-state index in [1.807, 2.05) is 0 Å². The SMILES string of the molecule is C=C(CC)CN[C@@H](C)c1ccc(C)cc1. The fourth-order valence-electron chi connectivity index (χ4n) is 1.40. The first-order valence-corrected chi connectivity index (χ1v) is 5.60. The van der Waals surface area contributed by atoms with Crippen LogP contribution in [0.3, 0.4) is 0 Å². The zero-order valence-electron chi connectivity index (χ0n) is 10.0. The molecule has 0 radical (unpaired) electrons. The number of rotatable bonds is 5. The molecule has 0 fully saturated rings. The number of hydrogen-bond acceptors (Lipinski definition) is 1. The van der Waals surface area contributed by atoms with Gasteiger partial charge in [0.1, 0.15) is 0 Å². The Bertz CT molecular complexity index is 311. The molecular weight excluding hydrogens is 182 g/mol. The summed E-state index contributed by atoms with van der Waals surface area (Å²) in [4.78, 5) is 0. The summed E-state index contributed by atoms with van der Waals surface area (Å²) in [6.07, 6.45) is 1.05. The third kappa shape index (κ3) is 3.88. The van der Waals surface area contributed by atoms with Crippen molar-refractivity contribution in [3.8, 4) is 0 Å². The molecule has 1 aromatic rings. The van der Waals surface area contributed by atoms with Crippen LogP contribution in [0.25, 0.3) is 0 Å². The van der Waals surface area contributed by atoms with Gasteiger partial charge < -0.3 is 5.32 Å². The number of benzene rings is 1. The van der Waals surface area contributed by atoms with Crippen LogP contribution in [0.1, 0.15) is 37.4 Å². The first-order chi connectivity index (χ1) is 7.13. The van der Waals surface area contributed by atoms with Crippen LogP contribution in [0.2, 0.25) is 0 Å². The predicted molar refractivity (Wildman–Crippen MR) is 67.0 cm³/mol. The maximum Gasteiger partial charge on any atom is 0.0294 e. The lowest BCUT2D eigenvalue weighted by molar-refractivity contribution is 0.602. The summed E-state index contributed by atoms with van der Waals surface area (Å²) in [5.74, 6) is 0. The molecule has 1 heteroatoms. The van der Waals surface area contributed by atoms with Gasteiger partial charge in [0, 0.05) is 12.6 Å². The molecule has 0 aliphatic carbocycles. The van der Waals surface area contributed by atoms with E-state index < -0.39 is 0 Å². The first kappa shape index (κ1) is 12.0. The minimum atomic E-state index is 0.397. The predicted octanol–water partition coefficient (Wildman–Crippen LogP) is 3.61. The van der Waals surface area contributed by atoms with E-state index in [1.54, 1.807) is 0 Å². The smallest absolute Gasteiger partial charge is 0.0294 e. The molecule has 0 bridgehead atoms. The van der Waals surface area contributed by atoms with Crippen LogP contribution in [0, 0.1) is 6.92 Å². The summed E-state index contributed by atoms with van der Waals surface area (Å²) in [7, 11) is 0. The summed E-state index contributed by atoms with van der Waals surface area (Å²) in [5.41, 5.74) is 3.90. The summed E-state index contributed by atoms with van der Waals surface area (Å²) in [6.45, 7) is 11.3.